The van der Waals surface area contributed by atoms with Gasteiger partial charge in [0, 0.05) is 19.6 Å². The first-order valence-corrected chi connectivity index (χ1v) is 5.97. The lowest BCUT2D eigenvalue weighted by atomic mass is 10.1. The Balaban J connectivity index is 2.20. The van der Waals surface area contributed by atoms with Crippen LogP contribution in [0.1, 0.15) is 19.8 Å². The van der Waals surface area contributed by atoms with Gasteiger partial charge in [0.25, 0.3) is 0 Å². The SMILES string of the molecule is CCC[C@H](N)C(=O)NCC1CN(C)CCO1. The van der Waals surface area contributed by atoms with E-state index >= 15 is 0 Å². The molecule has 5 nitrogen and oxygen atoms in total. The first-order valence-electron chi connectivity index (χ1n) is 5.97. The second kappa shape index (κ2) is 6.83. The molecule has 1 rings (SSSR count). The van der Waals surface area contributed by atoms with Crippen molar-refractivity contribution in [2.45, 2.75) is 31.9 Å². The third-order valence-electron chi connectivity index (χ3n) is 2.78. The molecule has 0 saturated carbocycles. The highest BCUT2D eigenvalue weighted by atomic mass is 16.5. The van der Waals surface area contributed by atoms with Crippen molar-refractivity contribution >= 4 is 5.91 Å². The van der Waals surface area contributed by atoms with Crippen LogP contribution >= 0.6 is 0 Å². The summed E-state index contributed by atoms with van der Waals surface area (Å²) in [5, 5.41) is 2.84. The van der Waals surface area contributed by atoms with Gasteiger partial charge in [-0.1, -0.05) is 13.3 Å². The number of carbonyl (C=O) groups excluding carboxylic acids is 1. The van der Waals surface area contributed by atoms with Crippen LogP contribution in [0.15, 0.2) is 0 Å². The van der Waals surface area contributed by atoms with Crippen molar-refractivity contribution in [3.8, 4) is 0 Å². The number of hydrogen-bond acceptors (Lipinski definition) is 4. The fourth-order valence-corrected chi connectivity index (χ4v) is 1.78. The van der Waals surface area contributed by atoms with Crippen LogP contribution in [0.25, 0.3) is 0 Å². The highest BCUT2D eigenvalue weighted by Gasteiger charge is 2.19. The van der Waals surface area contributed by atoms with Gasteiger partial charge >= 0.3 is 0 Å². The fraction of sp³-hybridized carbons (Fsp3) is 0.909. The zero-order valence-electron chi connectivity index (χ0n) is 10.2. The predicted octanol–water partition coefficient (Wildman–Crippen LogP) is -0.439. The van der Waals surface area contributed by atoms with Gasteiger partial charge in [-0.15, -0.1) is 0 Å². The molecule has 1 aliphatic rings. The molecule has 2 atom stereocenters. The molecule has 0 radical (unpaired) electrons. The Labute approximate surface area is 97.3 Å². The average Bonchev–Trinajstić information content (AvgIpc) is 2.26. The molecule has 0 aromatic carbocycles. The molecule has 1 amide bonds. The van der Waals surface area contributed by atoms with Crippen LogP contribution in [0.4, 0.5) is 0 Å². The minimum absolute atomic E-state index is 0.0707. The van der Waals surface area contributed by atoms with Gasteiger partial charge in [-0.2, -0.15) is 0 Å². The topological polar surface area (TPSA) is 67.6 Å². The van der Waals surface area contributed by atoms with Gasteiger partial charge in [0.15, 0.2) is 0 Å². The van der Waals surface area contributed by atoms with E-state index in [1.165, 1.54) is 0 Å². The van der Waals surface area contributed by atoms with E-state index in [1.54, 1.807) is 0 Å². The lowest BCUT2D eigenvalue weighted by molar-refractivity contribution is -0.123. The molecule has 3 N–H and O–H groups in total. The first kappa shape index (κ1) is 13.4. The van der Waals surface area contributed by atoms with E-state index in [2.05, 4.69) is 17.3 Å². The van der Waals surface area contributed by atoms with Gasteiger partial charge < -0.3 is 20.7 Å². The van der Waals surface area contributed by atoms with Gasteiger partial charge in [0.05, 0.1) is 18.8 Å². The highest BCUT2D eigenvalue weighted by Crippen LogP contribution is 2.01. The standard InChI is InChI=1S/C11H23N3O2/c1-3-4-10(12)11(15)13-7-9-8-14(2)5-6-16-9/h9-10H,3-8,12H2,1-2H3,(H,13,15)/t9?,10-/m0/s1. The maximum Gasteiger partial charge on any atom is 0.237 e. The zero-order valence-corrected chi connectivity index (χ0v) is 10.2. The van der Waals surface area contributed by atoms with E-state index in [0.717, 1.165) is 32.5 Å². The number of amides is 1. The van der Waals surface area contributed by atoms with E-state index in [4.69, 9.17) is 10.5 Å². The second-order valence-electron chi connectivity index (χ2n) is 4.40. The quantitative estimate of drug-likeness (QED) is 0.671. The summed E-state index contributed by atoms with van der Waals surface area (Å²) in [6, 6.07) is -0.383. The van der Waals surface area contributed by atoms with Gasteiger partial charge in [-0.25, -0.2) is 0 Å². The number of hydrogen-bond donors (Lipinski definition) is 2. The van der Waals surface area contributed by atoms with E-state index in [9.17, 15) is 4.79 Å². The average molecular weight is 229 g/mol. The predicted molar refractivity (Wildman–Crippen MR) is 63.1 cm³/mol. The smallest absolute Gasteiger partial charge is 0.237 e. The van der Waals surface area contributed by atoms with Crippen LogP contribution in [0.5, 0.6) is 0 Å². The molecule has 1 aliphatic heterocycles. The Hall–Kier alpha value is -0.650. The lowest BCUT2D eigenvalue weighted by Gasteiger charge is -2.30. The van der Waals surface area contributed by atoms with Crippen molar-refractivity contribution in [2.75, 3.05) is 33.3 Å². The molecule has 1 heterocycles. The summed E-state index contributed by atoms with van der Waals surface area (Å²) in [6.07, 6.45) is 1.76. The van der Waals surface area contributed by atoms with E-state index in [-0.39, 0.29) is 18.1 Å². The number of nitrogens with two attached hydrogens (primary N) is 1. The van der Waals surface area contributed by atoms with Crippen LogP contribution in [0.3, 0.4) is 0 Å². The molecular weight excluding hydrogens is 206 g/mol. The van der Waals surface area contributed by atoms with Gasteiger partial charge in [-0.05, 0) is 13.5 Å². The largest absolute Gasteiger partial charge is 0.374 e. The second-order valence-corrected chi connectivity index (χ2v) is 4.40. The van der Waals surface area contributed by atoms with E-state index in [1.807, 2.05) is 6.92 Å². The van der Waals surface area contributed by atoms with Crippen LogP contribution in [0, 0.1) is 0 Å². The number of morpholine rings is 1. The number of carbonyl (C=O) groups is 1. The molecule has 1 unspecified atom stereocenters. The summed E-state index contributed by atoms with van der Waals surface area (Å²) in [5.74, 6) is -0.0707. The third-order valence-corrected chi connectivity index (χ3v) is 2.78. The molecule has 94 valence electrons. The minimum atomic E-state index is -0.383. The van der Waals surface area contributed by atoms with Crippen LogP contribution in [-0.2, 0) is 9.53 Å². The van der Waals surface area contributed by atoms with Crippen molar-refractivity contribution in [1.82, 2.24) is 10.2 Å². The molecule has 1 fully saturated rings. The Morgan fingerprint density at radius 1 is 1.69 bits per heavy atom. The molecule has 5 heteroatoms. The van der Waals surface area contributed by atoms with Crippen LogP contribution in [-0.4, -0.2) is 56.2 Å². The Morgan fingerprint density at radius 2 is 2.44 bits per heavy atom. The summed E-state index contributed by atoms with van der Waals surface area (Å²) in [6.45, 7) is 5.13. The fourth-order valence-electron chi connectivity index (χ4n) is 1.78. The zero-order chi connectivity index (χ0) is 12.0. The van der Waals surface area contributed by atoms with Gasteiger partial charge in [-0.3, -0.25) is 4.79 Å². The Kier molecular flexibility index (Phi) is 5.73. The van der Waals surface area contributed by atoms with Crippen molar-refractivity contribution in [3.05, 3.63) is 0 Å². The lowest BCUT2D eigenvalue weighted by Crippen LogP contribution is -2.49. The molecule has 0 aromatic rings. The Bertz CT molecular complexity index is 223. The summed E-state index contributed by atoms with van der Waals surface area (Å²) < 4.78 is 5.54. The minimum Gasteiger partial charge on any atom is -0.374 e. The van der Waals surface area contributed by atoms with Crippen molar-refractivity contribution < 1.29 is 9.53 Å². The van der Waals surface area contributed by atoms with Gasteiger partial charge in [0.2, 0.25) is 5.91 Å². The van der Waals surface area contributed by atoms with Crippen molar-refractivity contribution in [1.29, 1.82) is 0 Å². The molecule has 16 heavy (non-hydrogen) atoms. The summed E-state index contributed by atoms with van der Waals surface area (Å²) in [7, 11) is 2.06. The molecule has 0 aliphatic carbocycles. The molecular formula is C11H23N3O2. The van der Waals surface area contributed by atoms with Crippen molar-refractivity contribution in [2.24, 2.45) is 5.73 Å². The monoisotopic (exact) mass is 229 g/mol. The highest BCUT2D eigenvalue weighted by molar-refractivity contribution is 5.81. The normalized spacial score (nSPS) is 24.1. The molecule has 0 bridgehead atoms. The number of likely N-dealkylation sites (N-methyl/N-ethyl adjacent to an activating group) is 1. The summed E-state index contributed by atoms with van der Waals surface area (Å²) in [5.41, 5.74) is 5.71. The van der Waals surface area contributed by atoms with Gasteiger partial charge in [0.1, 0.15) is 0 Å². The number of ether oxygens (including phenoxy) is 1. The molecule has 0 spiro atoms. The van der Waals surface area contributed by atoms with Crippen molar-refractivity contribution in [3.63, 3.8) is 0 Å². The summed E-state index contributed by atoms with van der Waals surface area (Å²) in [4.78, 5) is 13.8. The maximum atomic E-state index is 11.6. The third kappa shape index (κ3) is 4.47. The Morgan fingerprint density at radius 3 is 3.06 bits per heavy atom. The molecule has 1 saturated heterocycles. The summed E-state index contributed by atoms with van der Waals surface area (Å²) >= 11 is 0. The van der Waals surface area contributed by atoms with Crippen LogP contribution in [0.2, 0.25) is 0 Å². The number of nitrogens with zero attached hydrogens (tertiary/aromatic N) is 1. The number of rotatable bonds is 5. The van der Waals surface area contributed by atoms with E-state index in [0.29, 0.717) is 6.54 Å². The molecule has 0 aromatic heterocycles. The van der Waals surface area contributed by atoms with E-state index < -0.39 is 0 Å². The van der Waals surface area contributed by atoms with Crippen LogP contribution < -0.4 is 11.1 Å². The first-order chi connectivity index (χ1) is 7.63. The number of nitrogens with one attached hydrogen (secondary N) is 1. The maximum absolute atomic E-state index is 11.6.